The van der Waals surface area contributed by atoms with Crippen molar-refractivity contribution in [2.24, 2.45) is 11.7 Å². The summed E-state index contributed by atoms with van der Waals surface area (Å²) < 4.78 is 5.60. The standard InChI is InChI=1S/C21H23ClN2O4/c22-17-5-6-19(28-10-8-23)18(12-17)20(25)24-9-7-15(13-24)11-14-1-3-16(4-2-14)21(26)27/h1-6,12,15H,7-11,13,23H2,(H,26,27). The van der Waals surface area contributed by atoms with Crippen LogP contribution >= 0.6 is 11.6 Å². The minimum atomic E-state index is -0.932. The van der Waals surface area contributed by atoms with Crippen molar-refractivity contribution in [1.29, 1.82) is 0 Å². The first-order chi connectivity index (χ1) is 13.5. The number of halogens is 1. The number of carboxylic acid groups (broad SMARTS) is 1. The van der Waals surface area contributed by atoms with Crippen LogP contribution < -0.4 is 10.5 Å². The van der Waals surface area contributed by atoms with E-state index in [4.69, 9.17) is 27.2 Å². The van der Waals surface area contributed by atoms with E-state index >= 15 is 0 Å². The molecule has 3 rings (SSSR count). The zero-order chi connectivity index (χ0) is 20.1. The van der Waals surface area contributed by atoms with Crippen LogP contribution in [-0.2, 0) is 6.42 Å². The van der Waals surface area contributed by atoms with Gasteiger partial charge in [0.25, 0.3) is 5.91 Å². The molecule has 1 aliphatic heterocycles. The molecule has 1 heterocycles. The Hall–Kier alpha value is -2.57. The molecule has 2 aromatic rings. The molecule has 148 valence electrons. The highest BCUT2D eigenvalue weighted by Crippen LogP contribution is 2.28. The van der Waals surface area contributed by atoms with Crippen molar-refractivity contribution in [3.05, 3.63) is 64.2 Å². The smallest absolute Gasteiger partial charge is 0.335 e. The number of hydrogen-bond donors (Lipinski definition) is 2. The molecule has 0 spiro atoms. The first-order valence-corrected chi connectivity index (χ1v) is 9.59. The second-order valence-corrected chi connectivity index (χ2v) is 7.33. The van der Waals surface area contributed by atoms with Crippen molar-refractivity contribution >= 4 is 23.5 Å². The predicted molar refractivity (Wildman–Crippen MR) is 107 cm³/mol. The molecule has 0 aromatic heterocycles. The van der Waals surface area contributed by atoms with Gasteiger partial charge < -0.3 is 20.5 Å². The maximum Gasteiger partial charge on any atom is 0.335 e. The molecular weight excluding hydrogens is 380 g/mol. The molecule has 3 N–H and O–H groups in total. The van der Waals surface area contributed by atoms with Crippen LogP contribution in [0.2, 0.25) is 5.02 Å². The summed E-state index contributed by atoms with van der Waals surface area (Å²) in [5, 5.41) is 9.47. The van der Waals surface area contributed by atoms with Gasteiger partial charge in [0, 0.05) is 24.7 Å². The fourth-order valence-electron chi connectivity index (χ4n) is 3.43. The highest BCUT2D eigenvalue weighted by atomic mass is 35.5. The lowest BCUT2D eigenvalue weighted by Gasteiger charge is -2.19. The second kappa shape index (κ2) is 9.08. The molecule has 28 heavy (non-hydrogen) atoms. The Morgan fingerprint density at radius 3 is 2.64 bits per heavy atom. The van der Waals surface area contributed by atoms with Gasteiger partial charge in [-0.25, -0.2) is 4.79 Å². The molecule has 7 heteroatoms. The van der Waals surface area contributed by atoms with Gasteiger partial charge >= 0.3 is 5.97 Å². The predicted octanol–water partition coefficient (Wildman–Crippen LogP) is 3.08. The first kappa shape index (κ1) is 20.2. The molecule has 1 saturated heterocycles. The largest absolute Gasteiger partial charge is 0.491 e. The van der Waals surface area contributed by atoms with Crippen LogP contribution in [0, 0.1) is 5.92 Å². The van der Waals surface area contributed by atoms with E-state index < -0.39 is 5.97 Å². The summed E-state index contributed by atoms with van der Waals surface area (Å²) in [7, 11) is 0. The van der Waals surface area contributed by atoms with Gasteiger partial charge in [-0.2, -0.15) is 0 Å². The Morgan fingerprint density at radius 1 is 1.21 bits per heavy atom. The van der Waals surface area contributed by atoms with Gasteiger partial charge in [0.15, 0.2) is 0 Å². The number of hydrogen-bond acceptors (Lipinski definition) is 4. The van der Waals surface area contributed by atoms with Gasteiger partial charge in [0.2, 0.25) is 0 Å². The van der Waals surface area contributed by atoms with Crippen LogP contribution in [0.1, 0.15) is 32.7 Å². The number of carbonyl (C=O) groups is 2. The van der Waals surface area contributed by atoms with Gasteiger partial charge in [-0.15, -0.1) is 0 Å². The molecular formula is C21H23ClN2O4. The van der Waals surface area contributed by atoms with E-state index in [0.717, 1.165) is 18.4 Å². The first-order valence-electron chi connectivity index (χ1n) is 9.22. The third kappa shape index (κ3) is 4.82. The number of nitrogens with two attached hydrogens (primary N) is 1. The number of likely N-dealkylation sites (tertiary alicyclic amines) is 1. The average Bonchev–Trinajstić information content (AvgIpc) is 3.15. The Labute approximate surface area is 168 Å². The van der Waals surface area contributed by atoms with Crippen molar-refractivity contribution in [3.63, 3.8) is 0 Å². The third-order valence-electron chi connectivity index (χ3n) is 4.85. The molecule has 1 unspecified atom stereocenters. The Morgan fingerprint density at radius 2 is 1.96 bits per heavy atom. The molecule has 6 nitrogen and oxygen atoms in total. The van der Waals surface area contributed by atoms with Gasteiger partial charge in [0.1, 0.15) is 12.4 Å². The van der Waals surface area contributed by atoms with Crippen molar-refractivity contribution in [3.8, 4) is 5.75 Å². The van der Waals surface area contributed by atoms with E-state index in [1.165, 1.54) is 0 Å². The summed E-state index contributed by atoms with van der Waals surface area (Å²) >= 11 is 6.08. The van der Waals surface area contributed by atoms with Gasteiger partial charge in [-0.1, -0.05) is 23.7 Å². The van der Waals surface area contributed by atoms with Crippen LogP contribution in [0.5, 0.6) is 5.75 Å². The van der Waals surface area contributed by atoms with E-state index in [0.29, 0.717) is 48.5 Å². The van der Waals surface area contributed by atoms with Gasteiger partial charge in [-0.3, -0.25) is 4.79 Å². The second-order valence-electron chi connectivity index (χ2n) is 6.89. The summed E-state index contributed by atoms with van der Waals surface area (Å²) in [6, 6.07) is 11.9. The Kier molecular flexibility index (Phi) is 6.54. The Bertz CT molecular complexity index is 854. The van der Waals surface area contributed by atoms with E-state index in [9.17, 15) is 9.59 Å². The monoisotopic (exact) mass is 402 g/mol. The maximum atomic E-state index is 13.0. The molecule has 0 aliphatic carbocycles. The zero-order valence-electron chi connectivity index (χ0n) is 15.4. The Balaban J connectivity index is 1.65. The number of aromatic carboxylic acids is 1. The van der Waals surface area contributed by atoms with E-state index in [2.05, 4.69) is 0 Å². The lowest BCUT2D eigenvalue weighted by atomic mass is 9.98. The number of ether oxygens (including phenoxy) is 1. The number of benzene rings is 2. The molecule has 0 saturated carbocycles. The van der Waals surface area contributed by atoms with E-state index in [1.807, 2.05) is 17.0 Å². The average molecular weight is 403 g/mol. The van der Waals surface area contributed by atoms with Gasteiger partial charge in [0.05, 0.1) is 11.1 Å². The van der Waals surface area contributed by atoms with Crippen molar-refractivity contribution in [2.45, 2.75) is 12.8 Å². The van der Waals surface area contributed by atoms with Crippen LogP contribution in [-0.4, -0.2) is 48.1 Å². The van der Waals surface area contributed by atoms with Gasteiger partial charge in [-0.05, 0) is 54.7 Å². The summed E-state index contributed by atoms with van der Waals surface area (Å²) in [5.41, 5.74) is 7.29. The molecule has 1 amide bonds. The van der Waals surface area contributed by atoms with Crippen LogP contribution in [0.3, 0.4) is 0 Å². The minimum absolute atomic E-state index is 0.0988. The molecule has 0 bridgehead atoms. The number of rotatable bonds is 7. The molecule has 1 aliphatic rings. The topological polar surface area (TPSA) is 92.9 Å². The lowest BCUT2D eigenvalue weighted by molar-refractivity contribution is 0.0696. The van der Waals surface area contributed by atoms with Crippen LogP contribution in [0.4, 0.5) is 0 Å². The highest BCUT2D eigenvalue weighted by molar-refractivity contribution is 6.31. The van der Waals surface area contributed by atoms with Crippen LogP contribution in [0.25, 0.3) is 0 Å². The molecule has 1 atom stereocenters. The van der Waals surface area contributed by atoms with Crippen molar-refractivity contribution in [1.82, 2.24) is 4.90 Å². The molecule has 1 fully saturated rings. The molecule has 2 aromatic carbocycles. The fourth-order valence-corrected chi connectivity index (χ4v) is 3.61. The minimum Gasteiger partial charge on any atom is -0.491 e. The SMILES string of the molecule is NCCOc1ccc(Cl)cc1C(=O)N1CCC(Cc2ccc(C(=O)O)cc2)C1. The molecule has 0 radical (unpaired) electrons. The van der Waals surface area contributed by atoms with Crippen LogP contribution in [0.15, 0.2) is 42.5 Å². The number of amides is 1. The number of carboxylic acids is 1. The summed E-state index contributed by atoms with van der Waals surface area (Å²) in [4.78, 5) is 25.8. The maximum absolute atomic E-state index is 13.0. The summed E-state index contributed by atoms with van der Waals surface area (Å²) in [5.74, 6) is -0.212. The quantitative estimate of drug-likeness (QED) is 0.742. The normalized spacial score (nSPS) is 16.2. The third-order valence-corrected chi connectivity index (χ3v) is 5.08. The summed E-state index contributed by atoms with van der Waals surface area (Å²) in [6.07, 6.45) is 1.70. The number of carbonyl (C=O) groups excluding carboxylic acids is 1. The van der Waals surface area contributed by atoms with E-state index in [1.54, 1.807) is 30.3 Å². The van der Waals surface area contributed by atoms with E-state index in [-0.39, 0.29) is 11.5 Å². The zero-order valence-corrected chi connectivity index (χ0v) is 16.2. The van der Waals surface area contributed by atoms with Crippen molar-refractivity contribution in [2.75, 3.05) is 26.2 Å². The highest BCUT2D eigenvalue weighted by Gasteiger charge is 2.28. The van der Waals surface area contributed by atoms with Crippen molar-refractivity contribution < 1.29 is 19.4 Å². The lowest BCUT2D eigenvalue weighted by Crippen LogP contribution is -2.29. The fraction of sp³-hybridized carbons (Fsp3) is 0.333. The number of nitrogens with zero attached hydrogens (tertiary/aromatic N) is 1. The summed E-state index contributed by atoms with van der Waals surface area (Å²) in [6.45, 7) is 2.00.